The van der Waals surface area contributed by atoms with E-state index in [-0.39, 0.29) is 23.5 Å². The molecule has 1 aliphatic heterocycles. The number of halogens is 17. The van der Waals surface area contributed by atoms with Crippen LogP contribution >= 0.6 is 10.3 Å². The Balaban J connectivity index is 2.63. The quantitative estimate of drug-likeness (QED) is 0.221. The van der Waals surface area contributed by atoms with Crippen LogP contribution in [0, 0.1) is 0 Å². The molecule has 0 aromatic heterocycles. The molecular weight excluding hydrogens is 679 g/mol. The molecule has 0 unspecified atom stereocenters. The lowest BCUT2D eigenvalue weighted by Crippen LogP contribution is -2.75. The van der Waals surface area contributed by atoms with Crippen LogP contribution in [0.1, 0.15) is 12.8 Å². The van der Waals surface area contributed by atoms with E-state index in [1.807, 2.05) is 0 Å². The summed E-state index contributed by atoms with van der Waals surface area (Å²) in [6.45, 7) is 0. The van der Waals surface area contributed by atoms with Crippen molar-refractivity contribution >= 4 is 20.4 Å². The lowest BCUT2D eigenvalue weighted by Gasteiger charge is -2.43. The van der Waals surface area contributed by atoms with Gasteiger partial charge in [-0.3, -0.25) is 0 Å². The summed E-state index contributed by atoms with van der Waals surface area (Å²) in [6, 6.07) is 4.05. The fourth-order valence-electron chi connectivity index (χ4n) is 3.46. The molecule has 1 aliphatic rings. The van der Waals surface area contributed by atoms with Crippen molar-refractivity contribution in [1.29, 1.82) is 0 Å². The van der Waals surface area contributed by atoms with Crippen LogP contribution in [-0.2, 0) is 13.7 Å². The van der Waals surface area contributed by atoms with Crippen molar-refractivity contribution in [2.24, 2.45) is 0 Å². The fourth-order valence-corrected chi connectivity index (χ4v) is 9.12. The summed E-state index contributed by atoms with van der Waals surface area (Å²) in [5.74, 6) is -53.0. The maximum Gasteiger partial charge on any atom is 0.460 e. The van der Waals surface area contributed by atoms with Crippen LogP contribution in [0.5, 0.6) is 5.75 Å². The number of methoxy groups -OCH3 is 1. The maximum atomic E-state index is 14.5. The Bertz CT molecular complexity index is 1240. The first-order chi connectivity index (χ1) is 18.5. The molecule has 2 rings (SSSR count). The molecule has 246 valence electrons. The van der Waals surface area contributed by atoms with Crippen molar-refractivity contribution in [3.63, 3.8) is 0 Å². The topological polar surface area (TPSA) is 52.6 Å². The molecule has 42 heavy (non-hydrogen) atoms. The first kappa shape index (κ1) is 36.3. The zero-order valence-corrected chi connectivity index (χ0v) is 21.6. The van der Waals surface area contributed by atoms with Crippen LogP contribution in [-0.4, -0.2) is 74.0 Å². The summed E-state index contributed by atoms with van der Waals surface area (Å²) in [6.07, 6.45) is -8.03. The second-order valence-electron chi connectivity index (χ2n) is 8.59. The van der Waals surface area contributed by atoms with Crippen LogP contribution in [0.3, 0.4) is 0 Å². The summed E-state index contributed by atoms with van der Waals surface area (Å²) in [7, 11) is -10.2. The second kappa shape index (κ2) is 10.3. The monoisotopic (exact) mass is 694 g/mol. The predicted octanol–water partition coefficient (Wildman–Crippen LogP) is 7.88. The van der Waals surface area contributed by atoms with Crippen LogP contribution in [0.4, 0.5) is 74.6 Å². The highest BCUT2D eigenvalue weighted by molar-refractivity contribution is 8.33. The predicted molar refractivity (Wildman–Crippen MR) is 109 cm³/mol. The van der Waals surface area contributed by atoms with Crippen LogP contribution in [0.15, 0.2) is 29.2 Å². The number of hydrogen-bond acceptors (Lipinski definition) is 4. The molecular formula is C19H15F17O4S2. The molecule has 1 aromatic rings. The van der Waals surface area contributed by atoms with Crippen molar-refractivity contribution in [1.82, 2.24) is 0 Å². The van der Waals surface area contributed by atoms with Gasteiger partial charge in [0.2, 0.25) is 0 Å². The van der Waals surface area contributed by atoms with Gasteiger partial charge in [-0.05, 0) is 37.1 Å². The average Bonchev–Trinajstić information content (AvgIpc) is 3.31. The van der Waals surface area contributed by atoms with Crippen molar-refractivity contribution in [3.8, 4) is 5.75 Å². The van der Waals surface area contributed by atoms with Gasteiger partial charge in [0.15, 0.2) is 0 Å². The van der Waals surface area contributed by atoms with E-state index in [2.05, 4.69) is 3.63 Å². The Labute approximate surface area is 225 Å². The lowest BCUT2D eigenvalue weighted by molar-refractivity contribution is -0.458. The Morgan fingerprint density at radius 1 is 0.595 bits per heavy atom. The van der Waals surface area contributed by atoms with E-state index in [4.69, 9.17) is 4.74 Å². The zero-order chi connectivity index (χ0) is 33.2. The van der Waals surface area contributed by atoms with Crippen LogP contribution < -0.4 is 4.74 Å². The molecule has 0 saturated carbocycles. The molecule has 0 spiro atoms. The summed E-state index contributed by atoms with van der Waals surface area (Å²) in [5, 5.41) is -7.71. The van der Waals surface area contributed by atoms with Gasteiger partial charge >= 0.3 is 57.1 Å². The minimum Gasteiger partial charge on any atom is -0.497 e. The number of hydrogen-bond donors (Lipinski definition) is 0. The van der Waals surface area contributed by atoms with E-state index in [1.165, 1.54) is 0 Å². The Hall–Kier alpha value is -1.91. The molecule has 0 bridgehead atoms. The summed E-state index contributed by atoms with van der Waals surface area (Å²) >= 11 is 0. The third-order valence-electron chi connectivity index (χ3n) is 5.91. The fraction of sp³-hybridized carbons (Fsp3) is 0.684. The van der Waals surface area contributed by atoms with Gasteiger partial charge in [-0.2, -0.15) is 83.1 Å². The van der Waals surface area contributed by atoms with E-state index in [0.717, 1.165) is 31.4 Å². The third kappa shape index (κ3) is 4.93. The number of ether oxygens (including phenoxy) is 1. The Morgan fingerprint density at radius 3 is 1.31 bits per heavy atom. The molecule has 1 fully saturated rings. The highest BCUT2D eigenvalue weighted by atomic mass is 32.3. The smallest absolute Gasteiger partial charge is 0.460 e. The number of benzene rings is 1. The van der Waals surface area contributed by atoms with Gasteiger partial charge in [-0.25, -0.2) is 3.63 Å². The molecule has 23 heteroatoms. The van der Waals surface area contributed by atoms with Gasteiger partial charge in [-0.15, -0.1) is 0 Å². The molecule has 1 heterocycles. The highest BCUT2D eigenvalue weighted by Gasteiger charge is 2.96. The van der Waals surface area contributed by atoms with Crippen molar-refractivity contribution < 1.29 is 91.4 Å². The van der Waals surface area contributed by atoms with Gasteiger partial charge in [0, 0.05) is 16.4 Å². The third-order valence-corrected chi connectivity index (χ3v) is 11.6. The Morgan fingerprint density at radius 2 is 0.952 bits per heavy atom. The lowest BCUT2D eigenvalue weighted by atomic mass is 9.91. The van der Waals surface area contributed by atoms with E-state index >= 15 is 0 Å². The molecule has 0 atom stereocenters. The second-order valence-corrected chi connectivity index (χ2v) is 13.5. The first-order valence-electron chi connectivity index (χ1n) is 10.5. The minimum absolute atomic E-state index is 0.0571. The minimum atomic E-state index is -8.89. The molecule has 0 N–H and O–H groups in total. The Kier molecular flexibility index (Phi) is 8.93. The first-order valence-corrected chi connectivity index (χ1v) is 13.9. The maximum absolute atomic E-state index is 14.5. The van der Waals surface area contributed by atoms with Crippen molar-refractivity contribution in [3.05, 3.63) is 24.3 Å². The normalized spacial score (nSPS) is 19.1. The molecule has 0 radical (unpaired) electrons. The van der Waals surface area contributed by atoms with E-state index in [0.29, 0.717) is 0 Å². The van der Waals surface area contributed by atoms with Gasteiger partial charge < -0.3 is 4.74 Å². The summed E-state index contributed by atoms with van der Waals surface area (Å²) in [4.78, 5) is -0.332. The van der Waals surface area contributed by atoms with Gasteiger partial charge in [0.1, 0.15) is 5.75 Å². The van der Waals surface area contributed by atoms with Gasteiger partial charge in [0.05, 0.1) is 7.11 Å². The average molecular weight is 694 g/mol. The molecule has 0 aliphatic carbocycles. The summed E-state index contributed by atoms with van der Waals surface area (Å²) < 4.78 is 263. The molecule has 4 nitrogen and oxygen atoms in total. The molecule has 1 saturated heterocycles. The van der Waals surface area contributed by atoms with E-state index < -0.39 is 78.9 Å². The van der Waals surface area contributed by atoms with E-state index in [1.54, 1.807) is 0 Å². The van der Waals surface area contributed by atoms with Gasteiger partial charge in [-0.1, -0.05) is 10.3 Å². The standard InChI is InChI=1S/C19H15F17O4S2/c1-39-10-4-6-11(7-5-10)41(8-2-3-9-41)40-42(37,38)19(35,36)17(30,31)15(26,27)13(22,23)12(20,21)14(24,25)16(28,29)18(32,33)34/h4-7H,2-3,8-9H2,1H3. The van der Waals surface area contributed by atoms with Crippen molar-refractivity contribution in [2.75, 3.05) is 18.6 Å². The highest BCUT2D eigenvalue weighted by Crippen LogP contribution is 2.67. The number of rotatable bonds is 11. The largest absolute Gasteiger partial charge is 0.497 e. The zero-order valence-electron chi connectivity index (χ0n) is 20.0. The van der Waals surface area contributed by atoms with Crippen molar-refractivity contribution in [2.45, 2.75) is 64.7 Å². The van der Waals surface area contributed by atoms with Crippen LogP contribution in [0.2, 0.25) is 0 Å². The SMILES string of the molecule is COc1ccc(S2(OS(=O)(=O)C(F)(F)C(F)(F)C(F)(F)C(F)(F)C(F)(F)C(F)(F)C(F)(F)C(F)(F)F)CCCC2)cc1. The number of alkyl halides is 17. The summed E-state index contributed by atoms with van der Waals surface area (Å²) in [5.41, 5.74) is 0. The molecule has 1 aromatic carbocycles. The van der Waals surface area contributed by atoms with Crippen LogP contribution in [0.25, 0.3) is 0 Å². The molecule has 0 amide bonds. The van der Waals surface area contributed by atoms with Gasteiger partial charge in [0.25, 0.3) is 0 Å². The van der Waals surface area contributed by atoms with E-state index in [9.17, 15) is 83.1 Å².